The lowest BCUT2D eigenvalue weighted by Crippen LogP contribution is -2.26. The van der Waals surface area contributed by atoms with E-state index in [2.05, 4.69) is 20.8 Å². The molecule has 1 aromatic carbocycles. The van der Waals surface area contributed by atoms with Gasteiger partial charge in [-0.2, -0.15) is 0 Å². The van der Waals surface area contributed by atoms with Crippen molar-refractivity contribution >= 4 is 39.7 Å². The molecule has 1 amide bonds. The van der Waals surface area contributed by atoms with Crippen LogP contribution < -0.4 is 15.4 Å². The van der Waals surface area contributed by atoms with E-state index in [0.717, 1.165) is 46.9 Å². The van der Waals surface area contributed by atoms with Gasteiger partial charge < -0.3 is 15.4 Å². The van der Waals surface area contributed by atoms with Crippen molar-refractivity contribution in [2.75, 3.05) is 18.4 Å². The molecule has 0 bridgehead atoms. The molecule has 0 aliphatic carbocycles. The van der Waals surface area contributed by atoms with Crippen LogP contribution in [0.4, 0.5) is 5.82 Å². The Morgan fingerprint density at radius 1 is 1.19 bits per heavy atom. The molecule has 168 valence electrons. The summed E-state index contributed by atoms with van der Waals surface area (Å²) in [7, 11) is 0. The molecular weight excluding hydrogens is 424 g/mol. The Kier molecular flexibility index (Phi) is 6.84. The number of ether oxygens (including phenoxy) is 1. The maximum atomic E-state index is 12.0. The summed E-state index contributed by atoms with van der Waals surface area (Å²) in [6.07, 6.45) is 2.32. The fraction of sp³-hybridized carbons (Fsp3) is 0.391. The minimum Gasteiger partial charge on any atom is -0.491 e. The molecule has 0 unspecified atom stereocenters. The first-order valence-electron chi connectivity index (χ1n) is 10.9. The minimum absolute atomic E-state index is 0.0664. The Bertz CT molecular complexity index is 1200. The molecule has 0 fully saturated rings. The summed E-state index contributed by atoms with van der Waals surface area (Å²) >= 11 is 1.60. The summed E-state index contributed by atoms with van der Waals surface area (Å²) in [5.41, 5.74) is 2.47. The lowest BCUT2D eigenvalue weighted by Gasteiger charge is -2.13. The van der Waals surface area contributed by atoms with Gasteiger partial charge in [0.1, 0.15) is 11.6 Å². The van der Waals surface area contributed by atoms with Crippen LogP contribution in [0.25, 0.3) is 16.7 Å². The monoisotopic (exact) mass is 452 g/mol. The molecule has 4 aromatic rings. The van der Waals surface area contributed by atoms with Crippen LogP contribution in [-0.2, 0) is 11.2 Å². The van der Waals surface area contributed by atoms with Gasteiger partial charge in [-0.1, -0.05) is 6.07 Å². The number of fused-ring (bicyclic) bond motifs is 3. The minimum atomic E-state index is 0.0664. The summed E-state index contributed by atoms with van der Waals surface area (Å²) in [4.78, 5) is 17.8. The standard InChI is InChI=1S/C23H28N6O2S/c1-15(2)31-17-8-9-20-19(13-17)26-22(23-28-27-16(3)29(20)23)25-11-5-4-10-24-21(30)14-18-7-6-12-32-18/h6-9,12-13,15H,4-5,10-11,14H2,1-3H3,(H,24,30)(H,25,26). The van der Waals surface area contributed by atoms with E-state index in [1.807, 2.05) is 60.9 Å². The van der Waals surface area contributed by atoms with Crippen LogP contribution in [0, 0.1) is 6.92 Å². The number of thiophene rings is 1. The fourth-order valence-corrected chi connectivity index (χ4v) is 4.24. The molecule has 9 heteroatoms. The van der Waals surface area contributed by atoms with E-state index < -0.39 is 0 Å². The van der Waals surface area contributed by atoms with Crippen molar-refractivity contribution in [3.8, 4) is 5.75 Å². The zero-order valence-corrected chi connectivity index (χ0v) is 19.4. The number of unbranched alkanes of at least 4 members (excludes halogenated alkanes) is 1. The Hall–Kier alpha value is -3.20. The number of aromatic nitrogens is 4. The first-order chi connectivity index (χ1) is 15.5. The van der Waals surface area contributed by atoms with E-state index in [0.29, 0.717) is 24.4 Å². The number of carbonyl (C=O) groups excluding carboxylic acids is 1. The molecule has 2 N–H and O–H groups in total. The molecule has 8 nitrogen and oxygen atoms in total. The maximum absolute atomic E-state index is 12.0. The molecule has 0 radical (unpaired) electrons. The average molecular weight is 453 g/mol. The normalized spacial score (nSPS) is 11.4. The van der Waals surface area contributed by atoms with Crippen LogP contribution in [0.2, 0.25) is 0 Å². The number of rotatable bonds is 10. The van der Waals surface area contributed by atoms with Crippen molar-refractivity contribution in [3.63, 3.8) is 0 Å². The molecule has 3 heterocycles. The number of anilines is 1. The Morgan fingerprint density at radius 2 is 2.03 bits per heavy atom. The molecule has 0 aliphatic heterocycles. The van der Waals surface area contributed by atoms with Gasteiger partial charge in [0.2, 0.25) is 11.6 Å². The molecule has 0 atom stereocenters. The summed E-state index contributed by atoms with van der Waals surface area (Å²) < 4.78 is 7.84. The zero-order valence-electron chi connectivity index (χ0n) is 18.6. The highest BCUT2D eigenvalue weighted by Gasteiger charge is 2.14. The van der Waals surface area contributed by atoms with Crippen LogP contribution in [0.15, 0.2) is 35.7 Å². The van der Waals surface area contributed by atoms with E-state index in [9.17, 15) is 4.79 Å². The largest absolute Gasteiger partial charge is 0.491 e. The quantitative estimate of drug-likeness (QED) is 0.354. The second kappa shape index (κ2) is 9.95. The van der Waals surface area contributed by atoms with Gasteiger partial charge in [0.25, 0.3) is 0 Å². The molecule has 3 aromatic heterocycles. The highest BCUT2D eigenvalue weighted by atomic mass is 32.1. The van der Waals surface area contributed by atoms with Gasteiger partial charge in [-0.3, -0.25) is 9.20 Å². The van der Waals surface area contributed by atoms with Crippen LogP contribution >= 0.6 is 11.3 Å². The summed E-state index contributed by atoms with van der Waals surface area (Å²) in [5, 5.41) is 16.9. The van der Waals surface area contributed by atoms with Crippen molar-refractivity contribution < 1.29 is 9.53 Å². The molecule has 0 aliphatic rings. The van der Waals surface area contributed by atoms with E-state index in [4.69, 9.17) is 9.72 Å². The molecule has 0 saturated heterocycles. The van der Waals surface area contributed by atoms with Gasteiger partial charge in [-0.15, -0.1) is 21.5 Å². The molecule has 32 heavy (non-hydrogen) atoms. The molecule has 4 rings (SSSR count). The molecule has 0 saturated carbocycles. The summed E-state index contributed by atoms with van der Waals surface area (Å²) in [6.45, 7) is 7.32. The predicted molar refractivity (Wildman–Crippen MR) is 128 cm³/mol. The van der Waals surface area contributed by atoms with Crippen LogP contribution in [0.5, 0.6) is 5.75 Å². The third-order valence-corrected chi connectivity index (χ3v) is 5.84. The third-order valence-electron chi connectivity index (χ3n) is 4.96. The summed E-state index contributed by atoms with van der Waals surface area (Å²) in [5.74, 6) is 2.36. The first kappa shape index (κ1) is 22.0. The third kappa shape index (κ3) is 5.16. The van der Waals surface area contributed by atoms with Crippen LogP contribution in [-0.4, -0.2) is 44.7 Å². The van der Waals surface area contributed by atoms with Gasteiger partial charge in [0, 0.05) is 24.0 Å². The fourth-order valence-electron chi connectivity index (χ4n) is 3.54. The summed E-state index contributed by atoms with van der Waals surface area (Å²) in [6, 6.07) is 9.83. The van der Waals surface area contributed by atoms with E-state index >= 15 is 0 Å². The van der Waals surface area contributed by atoms with Gasteiger partial charge in [-0.25, -0.2) is 4.98 Å². The first-order valence-corrected chi connectivity index (χ1v) is 11.7. The van der Waals surface area contributed by atoms with Crippen molar-refractivity contribution in [2.24, 2.45) is 0 Å². The van der Waals surface area contributed by atoms with Crippen molar-refractivity contribution in [3.05, 3.63) is 46.4 Å². The SMILES string of the molecule is Cc1nnc2c(NCCCCNC(=O)Cc3cccs3)nc3cc(OC(C)C)ccc3n12. The van der Waals surface area contributed by atoms with E-state index in [-0.39, 0.29) is 12.0 Å². The van der Waals surface area contributed by atoms with Gasteiger partial charge in [-0.05, 0) is 57.2 Å². The van der Waals surface area contributed by atoms with Gasteiger partial charge >= 0.3 is 0 Å². The number of amides is 1. The van der Waals surface area contributed by atoms with Gasteiger partial charge in [0.05, 0.1) is 23.6 Å². The highest BCUT2D eigenvalue weighted by molar-refractivity contribution is 7.10. The Labute approximate surface area is 191 Å². The van der Waals surface area contributed by atoms with E-state index in [1.54, 1.807) is 11.3 Å². The van der Waals surface area contributed by atoms with Gasteiger partial charge in [0.15, 0.2) is 5.82 Å². The lowest BCUT2D eigenvalue weighted by molar-refractivity contribution is -0.120. The topological polar surface area (TPSA) is 93.4 Å². The van der Waals surface area contributed by atoms with Crippen molar-refractivity contribution in [1.82, 2.24) is 24.9 Å². The lowest BCUT2D eigenvalue weighted by atomic mass is 10.2. The average Bonchev–Trinajstić information content (AvgIpc) is 3.40. The highest BCUT2D eigenvalue weighted by Crippen LogP contribution is 2.25. The Morgan fingerprint density at radius 3 is 2.81 bits per heavy atom. The number of hydrogen-bond donors (Lipinski definition) is 2. The number of carbonyl (C=O) groups is 1. The smallest absolute Gasteiger partial charge is 0.225 e. The van der Waals surface area contributed by atoms with Crippen LogP contribution in [0.3, 0.4) is 0 Å². The number of benzene rings is 1. The number of hydrogen-bond acceptors (Lipinski definition) is 7. The second-order valence-corrected chi connectivity index (χ2v) is 8.96. The van der Waals surface area contributed by atoms with Crippen molar-refractivity contribution in [1.29, 1.82) is 0 Å². The zero-order chi connectivity index (χ0) is 22.5. The predicted octanol–water partition coefficient (Wildman–Crippen LogP) is 3.99. The second-order valence-electron chi connectivity index (χ2n) is 7.92. The number of nitrogens with zero attached hydrogens (tertiary/aromatic N) is 4. The molecule has 0 spiro atoms. The number of aryl methyl sites for hydroxylation is 1. The Balaban J connectivity index is 1.37. The molecular formula is C23H28N6O2S. The van der Waals surface area contributed by atoms with E-state index in [1.165, 1.54) is 0 Å². The van der Waals surface area contributed by atoms with Crippen LogP contribution in [0.1, 0.15) is 37.4 Å². The van der Waals surface area contributed by atoms with Crippen molar-refractivity contribution in [2.45, 2.75) is 46.1 Å². The number of nitrogens with one attached hydrogen (secondary N) is 2. The maximum Gasteiger partial charge on any atom is 0.225 e.